The Hall–Kier alpha value is -1.68. The maximum Gasteiger partial charge on any atom is 0.241 e. The van der Waals surface area contributed by atoms with Crippen LogP contribution in [0.4, 0.5) is 0 Å². The molecule has 0 spiro atoms. The number of likely N-dealkylation sites (tertiary alicyclic amines) is 1. The zero-order chi connectivity index (χ0) is 20.9. The van der Waals surface area contributed by atoms with Crippen molar-refractivity contribution in [1.82, 2.24) is 14.9 Å². The molecule has 0 saturated carbocycles. The van der Waals surface area contributed by atoms with E-state index in [9.17, 15) is 18.0 Å². The van der Waals surface area contributed by atoms with Gasteiger partial charge in [-0.3, -0.25) is 14.5 Å². The number of sulfonamides is 1. The van der Waals surface area contributed by atoms with Gasteiger partial charge < -0.3 is 11.1 Å². The summed E-state index contributed by atoms with van der Waals surface area (Å²) >= 11 is 5.88. The Morgan fingerprint density at radius 3 is 2.46 bits per heavy atom. The Bertz CT molecular complexity index is 808. The summed E-state index contributed by atoms with van der Waals surface area (Å²) in [7, 11) is -3.89. The van der Waals surface area contributed by atoms with Crippen LogP contribution in [0.2, 0.25) is 5.02 Å². The maximum absolute atomic E-state index is 12.7. The number of primary amides is 1. The largest absolute Gasteiger partial charge is 0.369 e. The lowest BCUT2D eigenvalue weighted by atomic mass is 10.0. The molecule has 0 aliphatic carbocycles. The second-order valence-corrected chi connectivity index (χ2v) is 9.48. The Kier molecular flexibility index (Phi) is 7.82. The first-order chi connectivity index (χ1) is 13.1. The Morgan fingerprint density at radius 1 is 1.29 bits per heavy atom. The van der Waals surface area contributed by atoms with Crippen molar-refractivity contribution < 1.29 is 18.0 Å². The molecule has 8 nitrogen and oxygen atoms in total. The third kappa shape index (κ3) is 6.44. The van der Waals surface area contributed by atoms with Crippen molar-refractivity contribution in [3.63, 3.8) is 0 Å². The van der Waals surface area contributed by atoms with E-state index in [-0.39, 0.29) is 35.2 Å². The van der Waals surface area contributed by atoms with E-state index in [1.165, 1.54) is 12.1 Å². The highest BCUT2D eigenvalue weighted by atomic mass is 35.5. The molecule has 1 heterocycles. The van der Waals surface area contributed by atoms with E-state index in [0.717, 1.165) is 0 Å². The molecule has 156 valence electrons. The highest BCUT2D eigenvalue weighted by Crippen LogP contribution is 2.17. The van der Waals surface area contributed by atoms with Crippen molar-refractivity contribution in [2.45, 2.75) is 43.7 Å². The van der Waals surface area contributed by atoms with Gasteiger partial charge in [0.25, 0.3) is 0 Å². The molecule has 1 saturated heterocycles. The van der Waals surface area contributed by atoms with E-state index < -0.39 is 16.1 Å². The minimum atomic E-state index is -3.89. The van der Waals surface area contributed by atoms with Gasteiger partial charge in [-0.25, -0.2) is 8.42 Å². The van der Waals surface area contributed by atoms with Crippen LogP contribution in [-0.4, -0.2) is 56.9 Å². The molecule has 0 aromatic heterocycles. The number of nitrogens with zero attached hydrogens (tertiary/aromatic N) is 1. The van der Waals surface area contributed by atoms with Crippen LogP contribution in [0.3, 0.4) is 0 Å². The number of benzene rings is 1. The van der Waals surface area contributed by atoms with Crippen molar-refractivity contribution in [2.75, 3.05) is 19.6 Å². The fourth-order valence-corrected chi connectivity index (χ4v) is 4.75. The molecule has 0 bridgehead atoms. The number of hydrogen-bond acceptors (Lipinski definition) is 5. The third-order valence-corrected chi connectivity index (χ3v) is 6.32. The molecule has 28 heavy (non-hydrogen) atoms. The van der Waals surface area contributed by atoms with Gasteiger partial charge in [-0.1, -0.05) is 31.5 Å². The third-order valence-electron chi connectivity index (χ3n) is 4.65. The molecule has 1 aliphatic heterocycles. The van der Waals surface area contributed by atoms with Crippen molar-refractivity contribution in [3.05, 3.63) is 29.3 Å². The van der Waals surface area contributed by atoms with Crippen LogP contribution in [0, 0.1) is 5.92 Å². The molecule has 2 amide bonds. The van der Waals surface area contributed by atoms with E-state index in [1.807, 2.05) is 4.90 Å². The molecule has 1 atom stereocenters. The highest BCUT2D eigenvalue weighted by molar-refractivity contribution is 7.89. The predicted molar refractivity (Wildman–Crippen MR) is 107 cm³/mol. The van der Waals surface area contributed by atoms with Crippen LogP contribution < -0.4 is 15.8 Å². The average molecular weight is 431 g/mol. The average Bonchev–Trinajstić information content (AvgIpc) is 2.60. The fraction of sp³-hybridized carbons (Fsp3) is 0.556. The van der Waals surface area contributed by atoms with E-state index >= 15 is 0 Å². The number of hydrogen-bond donors (Lipinski definition) is 3. The van der Waals surface area contributed by atoms with E-state index in [2.05, 4.69) is 10.0 Å². The monoisotopic (exact) mass is 430 g/mol. The quantitative estimate of drug-likeness (QED) is 0.560. The number of nitrogens with one attached hydrogen (secondary N) is 2. The summed E-state index contributed by atoms with van der Waals surface area (Å²) in [6, 6.07) is 4.91. The smallest absolute Gasteiger partial charge is 0.241 e. The molecule has 2 rings (SSSR count). The van der Waals surface area contributed by atoms with Crippen molar-refractivity contribution in [2.24, 2.45) is 11.7 Å². The van der Waals surface area contributed by atoms with Gasteiger partial charge in [0.1, 0.15) is 6.04 Å². The van der Waals surface area contributed by atoms with Crippen LogP contribution in [0.25, 0.3) is 0 Å². The van der Waals surface area contributed by atoms with Gasteiger partial charge in [0, 0.05) is 24.2 Å². The van der Waals surface area contributed by atoms with Gasteiger partial charge in [-0.05, 0) is 37.0 Å². The summed E-state index contributed by atoms with van der Waals surface area (Å²) < 4.78 is 27.8. The van der Waals surface area contributed by atoms with Gasteiger partial charge in [-0.2, -0.15) is 4.72 Å². The highest BCUT2D eigenvalue weighted by Gasteiger charge is 2.30. The number of rotatable bonds is 8. The lowest BCUT2D eigenvalue weighted by Gasteiger charge is -2.32. The minimum Gasteiger partial charge on any atom is -0.369 e. The molecule has 1 fully saturated rings. The van der Waals surface area contributed by atoms with Gasteiger partial charge in [0.15, 0.2) is 0 Å². The van der Waals surface area contributed by atoms with Crippen LogP contribution in [0.5, 0.6) is 0 Å². The summed E-state index contributed by atoms with van der Waals surface area (Å²) in [5, 5.41) is 3.23. The summed E-state index contributed by atoms with van der Waals surface area (Å²) in [5.41, 5.74) is 5.20. The van der Waals surface area contributed by atoms with Crippen molar-refractivity contribution >= 4 is 33.4 Å². The van der Waals surface area contributed by atoms with Crippen LogP contribution in [-0.2, 0) is 19.6 Å². The Labute approximate surface area is 170 Å². The molecule has 0 unspecified atom stereocenters. The first-order valence-electron chi connectivity index (χ1n) is 9.17. The van der Waals surface area contributed by atoms with E-state index in [1.54, 1.807) is 26.0 Å². The number of carbonyl (C=O) groups is 2. The molecule has 10 heteroatoms. The number of amides is 2. The molecule has 1 aromatic carbocycles. The SMILES string of the molecule is CC(C)[C@H](NS(=O)(=O)c1cccc(Cl)c1)C(=O)NC1CCN(CC(N)=O)CC1. The zero-order valence-corrected chi connectivity index (χ0v) is 17.6. The first-order valence-corrected chi connectivity index (χ1v) is 11.0. The van der Waals surface area contributed by atoms with Gasteiger partial charge in [0.05, 0.1) is 11.4 Å². The minimum absolute atomic E-state index is 0.0122. The zero-order valence-electron chi connectivity index (χ0n) is 16.0. The van der Waals surface area contributed by atoms with Crippen molar-refractivity contribution in [3.8, 4) is 0 Å². The molecular weight excluding hydrogens is 404 g/mol. The second kappa shape index (κ2) is 9.69. The number of halogens is 1. The maximum atomic E-state index is 12.7. The second-order valence-electron chi connectivity index (χ2n) is 7.33. The molecular formula is C18H27ClN4O4S. The predicted octanol–water partition coefficient (Wildman–Crippen LogP) is 0.709. The number of piperidine rings is 1. The van der Waals surface area contributed by atoms with Gasteiger partial charge in [-0.15, -0.1) is 0 Å². The van der Waals surface area contributed by atoms with Gasteiger partial charge in [0.2, 0.25) is 21.8 Å². The lowest BCUT2D eigenvalue weighted by molar-refractivity contribution is -0.125. The topological polar surface area (TPSA) is 122 Å². The molecule has 1 aliphatic rings. The normalized spacial score (nSPS) is 17.4. The fourth-order valence-electron chi connectivity index (χ4n) is 3.11. The summed E-state index contributed by atoms with van der Waals surface area (Å²) in [6.07, 6.45) is 1.34. The summed E-state index contributed by atoms with van der Waals surface area (Å²) in [6.45, 7) is 5.05. The van der Waals surface area contributed by atoms with Gasteiger partial charge >= 0.3 is 0 Å². The van der Waals surface area contributed by atoms with E-state index in [4.69, 9.17) is 17.3 Å². The van der Waals surface area contributed by atoms with Crippen LogP contribution >= 0.6 is 11.6 Å². The Balaban J connectivity index is 2.00. The lowest BCUT2D eigenvalue weighted by Crippen LogP contribution is -2.54. The molecule has 1 aromatic rings. The molecule has 4 N–H and O–H groups in total. The summed E-state index contributed by atoms with van der Waals surface area (Å²) in [4.78, 5) is 25.7. The summed E-state index contributed by atoms with van der Waals surface area (Å²) in [5.74, 6) is -0.990. The standard InChI is InChI=1S/C18H27ClN4O4S/c1-12(2)17(22-28(26,27)15-5-3-4-13(19)10-15)18(25)21-14-6-8-23(9-7-14)11-16(20)24/h3-5,10,12,14,17,22H,6-9,11H2,1-2H3,(H2,20,24)(H,21,25)/t17-/m0/s1. The van der Waals surface area contributed by atoms with Crippen LogP contribution in [0.1, 0.15) is 26.7 Å². The van der Waals surface area contributed by atoms with Crippen LogP contribution in [0.15, 0.2) is 29.2 Å². The van der Waals surface area contributed by atoms with E-state index in [0.29, 0.717) is 31.0 Å². The Morgan fingerprint density at radius 2 is 1.93 bits per heavy atom. The number of nitrogens with two attached hydrogens (primary N) is 1. The number of carbonyl (C=O) groups excluding carboxylic acids is 2. The first kappa shape index (κ1) is 22.6. The molecule has 0 radical (unpaired) electrons. The van der Waals surface area contributed by atoms with Crippen molar-refractivity contribution in [1.29, 1.82) is 0 Å².